The number of carbonyl (C=O) groups is 2. The van der Waals surface area contributed by atoms with Crippen molar-refractivity contribution in [2.24, 2.45) is 0 Å². The monoisotopic (exact) mass is 279 g/mol. The number of esters is 1. The van der Waals surface area contributed by atoms with Gasteiger partial charge in [-0.15, -0.1) is 0 Å². The average Bonchev–Trinajstić information content (AvgIpc) is 2.71. The molecular formula is C10H18NO6P. The van der Waals surface area contributed by atoms with E-state index in [0.717, 1.165) is 0 Å². The van der Waals surface area contributed by atoms with Crippen molar-refractivity contribution >= 4 is 19.5 Å². The Kier molecular flexibility index (Phi) is 4.90. The molecule has 8 heteroatoms. The average molecular weight is 279 g/mol. The fourth-order valence-electron chi connectivity index (χ4n) is 2.05. The maximum Gasteiger partial charge on any atom is 0.352 e. The molecule has 0 aromatic rings. The van der Waals surface area contributed by atoms with Crippen molar-refractivity contribution in [2.45, 2.75) is 32.2 Å². The molecule has 0 aromatic heterocycles. The Bertz CT molecular complexity index is 377. The van der Waals surface area contributed by atoms with Gasteiger partial charge in [-0.25, -0.2) is 0 Å². The highest BCUT2D eigenvalue weighted by Gasteiger charge is 2.47. The van der Waals surface area contributed by atoms with Crippen LogP contribution < -0.4 is 0 Å². The lowest BCUT2D eigenvalue weighted by atomic mass is 10.3. The Hall–Kier alpha value is -0.910. The molecule has 7 nitrogen and oxygen atoms in total. The van der Waals surface area contributed by atoms with Crippen LogP contribution in [0.3, 0.4) is 0 Å². The standard InChI is InChI=1S/C10H18NO6P/c1-7(12)11-6-9(17-8(2)13)5-10(11)18(14,15-3)16-4/h9-10H,5-6H2,1-4H3/t9-,10-/m1/s1. The lowest BCUT2D eigenvalue weighted by Crippen LogP contribution is -2.34. The number of carbonyl (C=O) groups excluding carboxylic acids is 2. The van der Waals surface area contributed by atoms with E-state index in [1.165, 1.54) is 33.0 Å². The summed E-state index contributed by atoms with van der Waals surface area (Å²) in [6.45, 7) is 2.85. The first-order chi connectivity index (χ1) is 8.34. The second-order valence-corrected chi connectivity index (χ2v) is 6.43. The van der Waals surface area contributed by atoms with Gasteiger partial charge in [0.1, 0.15) is 11.9 Å². The molecule has 18 heavy (non-hydrogen) atoms. The summed E-state index contributed by atoms with van der Waals surface area (Å²) in [5.74, 6) is -1.41. The number of nitrogens with zero attached hydrogens (tertiary/aromatic N) is 1. The Morgan fingerprint density at radius 3 is 2.17 bits per heavy atom. The van der Waals surface area contributed by atoms with E-state index in [1.54, 1.807) is 0 Å². The number of ether oxygens (including phenoxy) is 1. The number of likely N-dealkylation sites (tertiary alicyclic amines) is 1. The first-order valence-electron chi connectivity index (χ1n) is 5.49. The van der Waals surface area contributed by atoms with Gasteiger partial charge in [0.25, 0.3) is 0 Å². The fourth-order valence-corrected chi connectivity index (χ4v) is 3.78. The summed E-state index contributed by atoms with van der Waals surface area (Å²) in [5.41, 5.74) is 0. The fraction of sp³-hybridized carbons (Fsp3) is 0.800. The summed E-state index contributed by atoms with van der Waals surface area (Å²) >= 11 is 0. The minimum atomic E-state index is -3.41. The molecule has 0 saturated carbocycles. The summed E-state index contributed by atoms with van der Waals surface area (Å²) in [4.78, 5) is 23.8. The van der Waals surface area contributed by atoms with E-state index < -0.39 is 25.5 Å². The zero-order chi connectivity index (χ0) is 13.9. The van der Waals surface area contributed by atoms with Crippen LogP contribution in [-0.4, -0.2) is 49.4 Å². The van der Waals surface area contributed by atoms with Gasteiger partial charge in [0, 0.05) is 34.5 Å². The first kappa shape index (κ1) is 15.1. The lowest BCUT2D eigenvalue weighted by molar-refractivity contribution is -0.146. The predicted molar refractivity (Wildman–Crippen MR) is 63.0 cm³/mol. The molecule has 1 fully saturated rings. The van der Waals surface area contributed by atoms with Gasteiger partial charge in [-0.3, -0.25) is 14.2 Å². The molecule has 0 N–H and O–H groups in total. The van der Waals surface area contributed by atoms with E-state index in [0.29, 0.717) is 0 Å². The highest BCUT2D eigenvalue weighted by atomic mass is 31.2. The van der Waals surface area contributed by atoms with Crippen LogP contribution in [0.25, 0.3) is 0 Å². The van der Waals surface area contributed by atoms with E-state index in [1.807, 2.05) is 0 Å². The molecular weight excluding hydrogens is 261 g/mol. The first-order valence-corrected chi connectivity index (χ1v) is 7.11. The van der Waals surface area contributed by atoms with Crippen LogP contribution in [0.1, 0.15) is 20.3 Å². The van der Waals surface area contributed by atoms with Crippen LogP contribution >= 0.6 is 7.60 Å². The molecule has 0 aromatic carbocycles. The van der Waals surface area contributed by atoms with Crippen molar-refractivity contribution in [3.8, 4) is 0 Å². The van der Waals surface area contributed by atoms with Crippen molar-refractivity contribution in [1.82, 2.24) is 4.90 Å². The summed E-state index contributed by atoms with van der Waals surface area (Å²) < 4.78 is 27.2. The maximum atomic E-state index is 12.3. The zero-order valence-electron chi connectivity index (χ0n) is 10.9. The molecule has 0 bridgehead atoms. The minimum Gasteiger partial charge on any atom is -0.461 e. The molecule has 0 spiro atoms. The Balaban J connectivity index is 2.91. The molecule has 1 aliphatic heterocycles. The molecule has 0 unspecified atom stereocenters. The van der Waals surface area contributed by atoms with Crippen LogP contribution in [0, 0.1) is 0 Å². The molecule has 1 heterocycles. The Morgan fingerprint density at radius 2 is 1.78 bits per heavy atom. The van der Waals surface area contributed by atoms with E-state index in [9.17, 15) is 14.2 Å². The lowest BCUT2D eigenvalue weighted by Gasteiger charge is -2.27. The van der Waals surface area contributed by atoms with Gasteiger partial charge in [-0.2, -0.15) is 0 Å². The molecule has 1 saturated heterocycles. The predicted octanol–water partition coefficient (Wildman–Crippen LogP) is 0.982. The van der Waals surface area contributed by atoms with Gasteiger partial charge in [-0.1, -0.05) is 0 Å². The van der Waals surface area contributed by atoms with E-state index in [4.69, 9.17) is 13.8 Å². The molecule has 2 atom stereocenters. The third-order valence-electron chi connectivity index (χ3n) is 2.84. The number of hydrogen-bond acceptors (Lipinski definition) is 6. The van der Waals surface area contributed by atoms with Crippen LogP contribution in [0.15, 0.2) is 0 Å². The largest absolute Gasteiger partial charge is 0.461 e. The van der Waals surface area contributed by atoms with Crippen molar-refractivity contribution < 1.29 is 27.9 Å². The highest BCUT2D eigenvalue weighted by molar-refractivity contribution is 7.54. The summed E-state index contributed by atoms with van der Waals surface area (Å²) in [5, 5.41) is 0. The van der Waals surface area contributed by atoms with E-state index >= 15 is 0 Å². The Morgan fingerprint density at radius 1 is 1.22 bits per heavy atom. The maximum absolute atomic E-state index is 12.3. The second-order valence-electron chi connectivity index (χ2n) is 4.02. The quantitative estimate of drug-likeness (QED) is 0.563. The zero-order valence-corrected chi connectivity index (χ0v) is 11.8. The molecule has 1 amide bonds. The molecule has 0 radical (unpaired) electrons. The molecule has 1 rings (SSSR count). The highest BCUT2D eigenvalue weighted by Crippen LogP contribution is 2.56. The number of hydrogen-bond donors (Lipinski definition) is 0. The molecule has 104 valence electrons. The summed E-state index contributed by atoms with van der Waals surface area (Å²) in [6.07, 6.45) is -0.229. The van der Waals surface area contributed by atoms with Gasteiger partial charge in [-0.05, 0) is 0 Å². The smallest absolute Gasteiger partial charge is 0.352 e. The minimum absolute atomic E-state index is 0.205. The Labute approximate surface area is 106 Å². The summed E-state index contributed by atoms with van der Waals surface area (Å²) in [6, 6.07) is 0. The van der Waals surface area contributed by atoms with Crippen molar-refractivity contribution in [2.75, 3.05) is 20.8 Å². The van der Waals surface area contributed by atoms with Crippen LogP contribution in [0.2, 0.25) is 0 Å². The summed E-state index contributed by atoms with van der Waals surface area (Å²) in [7, 11) is -0.875. The molecule has 0 aliphatic carbocycles. The van der Waals surface area contributed by atoms with E-state index in [-0.39, 0.29) is 18.9 Å². The van der Waals surface area contributed by atoms with Crippen LogP contribution in [0.5, 0.6) is 0 Å². The topological polar surface area (TPSA) is 82.1 Å². The van der Waals surface area contributed by atoms with Gasteiger partial charge >= 0.3 is 13.6 Å². The van der Waals surface area contributed by atoms with Crippen LogP contribution in [0.4, 0.5) is 0 Å². The van der Waals surface area contributed by atoms with Crippen LogP contribution in [-0.2, 0) is 27.9 Å². The van der Waals surface area contributed by atoms with Crippen molar-refractivity contribution in [1.29, 1.82) is 0 Å². The van der Waals surface area contributed by atoms with Gasteiger partial charge < -0.3 is 18.7 Å². The third kappa shape index (κ3) is 3.10. The van der Waals surface area contributed by atoms with Crippen molar-refractivity contribution in [3.63, 3.8) is 0 Å². The third-order valence-corrected chi connectivity index (χ3v) is 5.08. The SMILES string of the molecule is COP(=O)(OC)[C@@H]1C[C@@H](OC(C)=O)CN1C(C)=O. The normalized spacial score (nSPS) is 24.1. The number of amides is 1. The molecule has 1 aliphatic rings. The van der Waals surface area contributed by atoms with Gasteiger partial charge in [0.15, 0.2) is 0 Å². The van der Waals surface area contributed by atoms with Gasteiger partial charge in [0.2, 0.25) is 5.91 Å². The van der Waals surface area contributed by atoms with E-state index in [2.05, 4.69) is 0 Å². The number of rotatable bonds is 4. The second kappa shape index (κ2) is 5.82. The van der Waals surface area contributed by atoms with Gasteiger partial charge in [0.05, 0.1) is 6.54 Å². The van der Waals surface area contributed by atoms with Crippen molar-refractivity contribution in [3.05, 3.63) is 0 Å².